The molecule has 6 nitrogen and oxygen atoms in total. The van der Waals surface area contributed by atoms with Crippen LogP contribution in [0, 0.1) is 0 Å². The minimum atomic E-state index is -0.536. The fourth-order valence-electron chi connectivity index (χ4n) is 5.34. The number of unbranched alkanes of at least 4 members (excludes halogenated alkanes) is 9. The van der Waals surface area contributed by atoms with Gasteiger partial charge in [0, 0.05) is 12.6 Å². The van der Waals surface area contributed by atoms with Crippen LogP contribution in [0.15, 0.2) is 30.3 Å². The molecule has 2 N–H and O–H groups in total. The van der Waals surface area contributed by atoms with E-state index in [1.165, 1.54) is 51.4 Å². The molecule has 1 aromatic rings. The lowest BCUT2D eigenvalue weighted by Crippen LogP contribution is -2.65. The van der Waals surface area contributed by atoms with E-state index in [0.717, 1.165) is 18.6 Å². The quantitative estimate of drug-likeness (QED) is 0.244. The summed E-state index contributed by atoms with van der Waals surface area (Å²) >= 11 is 0. The Balaban J connectivity index is 1.68. The van der Waals surface area contributed by atoms with Gasteiger partial charge >= 0.3 is 11.8 Å². The van der Waals surface area contributed by atoms with Gasteiger partial charge in [0.25, 0.3) is 0 Å². The fourth-order valence-corrected chi connectivity index (χ4v) is 5.34. The first-order valence-corrected chi connectivity index (χ1v) is 13.8. The maximum Gasteiger partial charge on any atom is 0.309 e. The molecule has 35 heavy (non-hydrogen) atoms. The molecule has 1 aromatic carbocycles. The van der Waals surface area contributed by atoms with Crippen molar-refractivity contribution in [2.24, 2.45) is 0 Å². The van der Waals surface area contributed by atoms with E-state index in [-0.39, 0.29) is 17.1 Å². The predicted octanol–water partition coefficient (Wildman–Crippen LogP) is 6.16. The van der Waals surface area contributed by atoms with E-state index in [1.807, 2.05) is 35.4 Å². The number of carbonyl (C=O) groups is 2. The van der Waals surface area contributed by atoms with Crippen LogP contribution < -0.4 is 15.5 Å². The molecule has 0 bridgehead atoms. The normalized spacial score (nSPS) is 17.6. The van der Waals surface area contributed by atoms with Crippen LogP contribution in [-0.4, -0.2) is 40.5 Å². The zero-order valence-corrected chi connectivity index (χ0v) is 22.8. The van der Waals surface area contributed by atoms with Gasteiger partial charge < -0.3 is 15.5 Å². The van der Waals surface area contributed by atoms with Gasteiger partial charge in [-0.2, -0.15) is 0 Å². The first-order chi connectivity index (χ1) is 16.7. The van der Waals surface area contributed by atoms with Gasteiger partial charge in [-0.05, 0) is 59.1 Å². The summed E-state index contributed by atoms with van der Waals surface area (Å²) in [5.74, 6) is -0.270. The Morgan fingerprint density at radius 3 is 1.89 bits per heavy atom. The molecule has 1 aliphatic heterocycles. The van der Waals surface area contributed by atoms with Crippen molar-refractivity contribution >= 4 is 11.8 Å². The predicted molar refractivity (Wildman–Crippen MR) is 143 cm³/mol. The average molecular weight is 488 g/mol. The third kappa shape index (κ3) is 10.2. The summed E-state index contributed by atoms with van der Waals surface area (Å²) in [7, 11) is 0. The van der Waals surface area contributed by atoms with Crippen molar-refractivity contribution < 1.29 is 14.4 Å². The van der Waals surface area contributed by atoms with Gasteiger partial charge in [-0.1, -0.05) is 82.9 Å². The molecule has 0 saturated carbocycles. The molecule has 0 aromatic heterocycles. The van der Waals surface area contributed by atoms with Gasteiger partial charge in [0.15, 0.2) is 0 Å². The van der Waals surface area contributed by atoms with Gasteiger partial charge in [0.1, 0.15) is 5.75 Å². The van der Waals surface area contributed by atoms with Gasteiger partial charge in [-0.25, -0.2) is 0 Å². The van der Waals surface area contributed by atoms with E-state index < -0.39 is 11.8 Å². The van der Waals surface area contributed by atoms with Gasteiger partial charge in [0.2, 0.25) is 0 Å². The number of nitrogens with zero attached hydrogens (tertiary/aromatic N) is 1. The second kappa shape index (κ2) is 14.5. The van der Waals surface area contributed by atoms with E-state index in [9.17, 15) is 9.59 Å². The Labute approximate surface area is 213 Å². The van der Waals surface area contributed by atoms with E-state index in [4.69, 9.17) is 4.84 Å². The minimum absolute atomic E-state index is 0.0915. The molecule has 1 fully saturated rings. The number of hydrogen-bond acceptors (Lipinski definition) is 4. The molecule has 0 radical (unpaired) electrons. The van der Waals surface area contributed by atoms with Crippen molar-refractivity contribution in [1.29, 1.82) is 0 Å². The summed E-state index contributed by atoms with van der Waals surface area (Å²) in [4.78, 5) is 31.1. The van der Waals surface area contributed by atoms with Crippen molar-refractivity contribution in [2.75, 3.05) is 6.54 Å². The first-order valence-electron chi connectivity index (χ1n) is 13.8. The van der Waals surface area contributed by atoms with Crippen LogP contribution in [-0.2, 0) is 9.59 Å². The molecular formula is C29H49N3O3. The molecule has 0 aliphatic carbocycles. The Kier molecular flexibility index (Phi) is 12.1. The maximum atomic E-state index is 12.6. The maximum absolute atomic E-state index is 12.6. The highest BCUT2D eigenvalue weighted by Gasteiger charge is 2.48. The van der Waals surface area contributed by atoms with Crippen LogP contribution >= 0.6 is 0 Å². The standard InChI is InChI=1S/C29H49N3O3/c1-6-7-8-9-10-11-12-13-14-18-21-30-26(33)27(34)31-24-22-28(2,3)32(29(4,5)23-24)35-25-19-16-15-17-20-25/h15-17,19-20,24H,6-14,18,21-23H2,1-5H3,(H,30,33)(H,31,34). The smallest absolute Gasteiger partial charge is 0.309 e. The molecule has 1 aliphatic rings. The molecule has 6 heteroatoms. The zero-order valence-electron chi connectivity index (χ0n) is 22.8. The zero-order chi connectivity index (χ0) is 25.7. The van der Waals surface area contributed by atoms with Crippen molar-refractivity contribution in [2.45, 2.75) is 129 Å². The number of carbonyl (C=O) groups excluding carboxylic acids is 2. The van der Waals surface area contributed by atoms with E-state index in [0.29, 0.717) is 19.4 Å². The van der Waals surface area contributed by atoms with E-state index >= 15 is 0 Å². The number of benzene rings is 1. The molecule has 2 amide bonds. The summed E-state index contributed by atoms with van der Waals surface area (Å²) < 4.78 is 0. The average Bonchev–Trinajstić information content (AvgIpc) is 2.80. The Bertz CT molecular complexity index is 746. The van der Waals surface area contributed by atoms with Crippen LogP contribution in [0.3, 0.4) is 0 Å². The molecule has 198 valence electrons. The van der Waals surface area contributed by atoms with E-state index in [1.54, 1.807) is 0 Å². The largest absolute Gasteiger partial charge is 0.405 e. The lowest BCUT2D eigenvalue weighted by atomic mass is 9.79. The van der Waals surface area contributed by atoms with Gasteiger partial charge in [-0.3, -0.25) is 9.59 Å². The SMILES string of the molecule is CCCCCCCCCCCCNC(=O)C(=O)NC1CC(C)(C)N(Oc2ccccc2)C(C)(C)C1. The van der Waals surface area contributed by atoms with Gasteiger partial charge in [0.05, 0.1) is 11.1 Å². The Hall–Kier alpha value is -2.08. The highest BCUT2D eigenvalue weighted by atomic mass is 16.7. The molecule has 0 spiro atoms. The first kappa shape index (κ1) is 29.2. The lowest BCUT2D eigenvalue weighted by molar-refractivity contribution is -0.221. The summed E-state index contributed by atoms with van der Waals surface area (Å²) in [6, 6.07) is 9.67. The van der Waals surface area contributed by atoms with Crippen molar-refractivity contribution in [3.05, 3.63) is 30.3 Å². The second-order valence-corrected chi connectivity index (χ2v) is 11.3. The summed E-state index contributed by atoms with van der Waals surface area (Å²) in [5.41, 5.74) is -0.635. The monoisotopic (exact) mass is 487 g/mol. The number of nitrogens with one attached hydrogen (secondary N) is 2. The molecule has 1 saturated heterocycles. The highest BCUT2D eigenvalue weighted by Crippen LogP contribution is 2.39. The summed E-state index contributed by atoms with van der Waals surface area (Å²) in [5, 5.41) is 7.80. The fraction of sp³-hybridized carbons (Fsp3) is 0.724. The topological polar surface area (TPSA) is 70.7 Å². The van der Waals surface area contributed by atoms with Gasteiger partial charge in [-0.15, -0.1) is 5.06 Å². The number of hydrogen-bond donors (Lipinski definition) is 2. The number of piperidine rings is 1. The Morgan fingerprint density at radius 1 is 0.829 bits per heavy atom. The molecule has 1 heterocycles. The summed E-state index contributed by atoms with van der Waals surface area (Å²) in [6.07, 6.45) is 13.9. The second-order valence-electron chi connectivity index (χ2n) is 11.3. The number of amides is 2. The third-order valence-corrected chi connectivity index (χ3v) is 6.89. The third-order valence-electron chi connectivity index (χ3n) is 6.89. The van der Waals surface area contributed by atoms with Crippen LogP contribution in [0.4, 0.5) is 0 Å². The van der Waals surface area contributed by atoms with Crippen LogP contribution in [0.2, 0.25) is 0 Å². The van der Waals surface area contributed by atoms with Crippen LogP contribution in [0.5, 0.6) is 5.75 Å². The molecule has 0 unspecified atom stereocenters. The minimum Gasteiger partial charge on any atom is -0.405 e. The van der Waals surface area contributed by atoms with Crippen LogP contribution in [0.25, 0.3) is 0 Å². The van der Waals surface area contributed by atoms with Crippen LogP contribution in [0.1, 0.15) is 112 Å². The number of hydroxylamine groups is 2. The molecule has 2 rings (SSSR count). The van der Waals surface area contributed by atoms with E-state index in [2.05, 4.69) is 45.3 Å². The summed E-state index contributed by atoms with van der Waals surface area (Å²) in [6.45, 7) is 11.3. The molecule has 0 atom stereocenters. The highest BCUT2D eigenvalue weighted by molar-refractivity contribution is 6.35. The van der Waals surface area contributed by atoms with Crippen molar-refractivity contribution in [1.82, 2.24) is 15.7 Å². The van der Waals surface area contributed by atoms with Crippen molar-refractivity contribution in [3.8, 4) is 5.75 Å². The lowest BCUT2D eigenvalue weighted by Gasteiger charge is -2.53. The Morgan fingerprint density at radius 2 is 1.34 bits per heavy atom. The number of rotatable bonds is 14. The molecular weight excluding hydrogens is 438 g/mol. The van der Waals surface area contributed by atoms with Crippen molar-refractivity contribution in [3.63, 3.8) is 0 Å². The number of para-hydroxylation sites is 1.